The van der Waals surface area contributed by atoms with Gasteiger partial charge in [-0.25, -0.2) is 0 Å². The normalized spacial score (nSPS) is 30.3. The molecule has 0 nitrogen and oxygen atoms in total. The Morgan fingerprint density at radius 3 is 1.61 bits per heavy atom. The number of rotatable bonds is 3. The highest BCUT2D eigenvalue weighted by Gasteiger charge is 2.33. The van der Waals surface area contributed by atoms with E-state index in [1.54, 1.807) is 0 Å². The lowest BCUT2D eigenvalue weighted by Crippen LogP contribution is -2.31. The second kappa shape index (κ2) is 14.9. The van der Waals surface area contributed by atoms with Crippen molar-refractivity contribution in [3.05, 3.63) is 0 Å². The topological polar surface area (TPSA) is 0 Å². The lowest BCUT2D eigenvalue weighted by Gasteiger charge is -2.40. The van der Waals surface area contributed by atoms with Gasteiger partial charge >= 0.3 is 0 Å². The zero-order valence-corrected chi connectivity index (χ0v) is 20.8. The molecule has 3 atom stereocenters. The van der Waals surface area contributed by atoms with Crippen LogP contribution in [0.3, 0.4) is 0 Å². The predicted molar refractivity (Wildman–Crippen MR) is 129 cm³/mol. The smallest absolute Gasteiger partial charge is 0.0300 e. The Morgan fingerprint density at radius 2 is 1.14 bits per heavy atom. The maximum absolute atomic E-state index is 2.59. The van der Waals surface area contributed by atoms with Gasteiger partial charge in [-0.05, 0) is 41.9 Å². The molecule has 28 heavy (non-hydrogen) atoms. The minimum absolute atomic E-state index is 0.500. The third-order valence-electron chi connectivity index (χ3n) is 8.29. The lowest BCUT2D eigenvalue weighted by atomic mass is 9.65. The van der Waals surface area contributed by atoms with E-state index in [1.807, 2.05) is 0 Å². The third-order valence-corrected chi connectivity index (χ3v) is 8.29. The highest BCUT2D eigenvalue weighted by Crippen LogP contribution is 2.43. The summed E-state index contributed by atoms with van der Waals surface area (Å²) < 4.78 is 0. The first-order valence-corrected chi connectivity index (χ1v) is 13.4. The molecule has 1 aliphatic rings. The van der Waals surface area contributed by atoms with Gasteiger partial charge in [-0.1, -0.05) is 138 Å². The number of hydrogen-bond acceptors (Lipinski definition) is 0. The summed E-state index contributed by atoms with van der Waals surface area (Å²) in [5, 5.41) is 0. The van der Waals surface area contributed by atoms with E-state index in [4.69, 9.17) is 0 Å². The summed E-state index contributed by atoms with van der Waals surface area (Å²) in [5.41, 5.74) is 0.500. The monoisotopic (exact) mass is 392 g/mol. The molecule has 0 heterocycles. The molecular weight excluding hydrogens is 336 g/mol. The van der Waals surface area contributed by atoms with Crippen LogP contribution in [0.1, 0.15) is 151 Å². The highest BCUT2D eigenvalue weighted by molar-refractivity contribution is 4.83. The van der Waals surface area contributed by atoms with Crippen molar-refractivity contribution >= 4 is 0 Å². The van der Waals surface area contributed by atoms with Gasteiger partial charge in [0.15, 0.2) is 0 Å². The van der Waals surface area contributed by atoms with Crippen LogP contribution in [0.15, 0.2) is 0 Å². The summed E-state index contributed by atoms with van der Waals surface area (Å²) in [7, 11) is 0. The van der Waals surface area contributed by atoms with Gasteiger partial charge in [0, 0.05) is 0 Å². The summed E-state index contributed by atoms with van der Waals surface area (Å²) in [6.07, 6.45) is 24.9. The van der Waals surface area contributed by atoms with Crippen molar-refractivity contribution in [3.8, 4) is 0 Å². The van der Waals surface area contributed by atoms with Crippen LogP contribution >= 0.6 is 0 Å². The van der Waals surface area contributed by atoms with Gasteiger partial charge in [-0.2, -0.15) is 0 Å². The Bertz CT molecular complexity index is 353. The van der Waals surface area contributed by atoms with Crippen molar-refractivity contribution in [1.29, 1.82) is 0 Å². The van der Waals surface area contributed by atoms with Crippen LogP contribution in [-0.2, 0) is 0 Å². The summed E-state index contributed by atoms with van der Waals surface area (Å²) in [6, 6.07) is 0. The van der Waals surface area contributed by atoms with Crippen LogP contribution in [-0.4, -0.2) is 0 Å². The van der Waals surface area contributed by atoms with E-state index in [9.17, 15) is 0 Å². The van der Waals surface area contributed by atoms with E-state index in [-0.39, 0.29) is 0 Å². The van der Waals surface area contributed by atoms with Gasteiger partial charge < -0.3 is 0 Å². The molecule has 1 fully saturated rings. The van der Waals surface area contributed by atoms with E-state index in [0.29, 0.717) is 5.41 Å². The van der Waals surface area contributed by atoms with Crippen molar-refractivity contribution in [2.24, 2.45) is 29.1 Å². The maximum atomic E-state index is 2.59. The average Bonchev–Trinajstić information content (AvgIpc) is 2.64. The Labute approximate surface area is 180 Å². The minimum Gasteiger partial charge on any atom is -0.0651 e. The van der Waals surface area contributed by atoms with Gasteiger partial charge in [-0.3, -0.25) is 0 Å². The Morgan fingerprint density at radius 1 is 0.679 bits per heavy atom. The van der Waals surface area contributed by atoms with E-state index < -0.39 is 0 Å². The van der Waals surface area contributed by atoms with E-state index in [0.717, 1.165) is 23.7 Å². The molecular formula is C28H56. The van der Waals surface area contributed by atoms with Crippen molar-refractivity contribution in [2.45, 2.75) is 151 Å². The molecule has 0 saturated heterocycles. The Kier molecular flexibility index (Phi) is 13.9. The molecule has 3 unspecified atom stereocenters. The van der Waals surface area contributed by atoms with Crippen molar-refractivity contribution < 1.29 is 0 Å². The molecule has 0 aromatic rings. The van der Waals surface area contributed by atoms with E-state index >= 15 is 0 Å². The molecule has 168 valence electrons. The Hall–Kier alpha value is 0. The van der Waals surface area contributed by atoms with Crippen LogP contribution in [0.5, 0.6) is 0 Å². The summed E-state index contributed by atoms with van der Waals surface area (Å²) in [6.45, 7) is 15.0. The van der Waals surface area contributed by atoms with Gasteiger partial charge in [0.1, 0.15) is 0 Å². The van der Waals surface area contributed by atoms with Gasteiger partial charge in [0.05, 0.1) is 0 Å². The van der Waals surface area contributed by atoms with Crippen molar-refractivity contribution in [2.75, 3.05) is 0 Å². The maximum Gasteiger partial charge on any atom is -0.0300 e. The fourth-order valence-electron chi connectivity index (χ4n) is 5.83. The molecule has 0 heteroatoms. The SMILES string of the molecule is CCC1CCC(CC(C)C)CCCCCCCCCCCCCC(C)C1(C)C. The van der Waals surface area contributed by atoms with Crippen molar-refractivity contribution in [1.82, 2.24) is 0 Å². The molecule has 0 amide bonds. The summed E-state index contributed by atoms with van der Waals surface area (Å²) in [4.78, 5) is 0. The summed E-state index contributed by atoms with van der Waals surface area (Å²) in [5.74, 6) is 3.60. The largest absolute Gasteiger partial charge is 0.0651 e. The third kappa shape index (κ3) is 10.7. The predicted octanol–water partition coefficient (Wildman–Crippen LogP) is 10.2. The molecule has 1 rings (SSSR count). The number of hydrogen-bond donors (Lipinski definition) is 0. The van der Waals surface area contributed by atoms with Gasteiger partial charge in [0.25, 0.3) is 0 Å². The zero-order valence-electron chi connectivity index (χ0n) is 20.8. The second-order valence-corrected chi connectivity index (χ2v) is 11.4. The minimum atomic E-state index is 0.500. The standard InChI is InChI=1S/C28H56/c1-7-27-22-21-26(23-24(2)3)20-18-16-14-12-10-8-9-11-13-15-17-19-25(4)28(27,5)6/h24-27H,7-23H2,1-6H3. The Balaban J connectivity index is 2.68. The highest BCUT2D eigenvalue weighted by atomic mass is 14.4. The molecule has 0 aromatic carbocycles. The molecule has 1 saturated carbocycles. The molecule has 0 spiro atoms. The van der Waals surface area contributed by atoms with Crippen LogP contribution in [0.4, 0.5) is 0 Å². The first-order valence-electron chi connectivity index (χ1n) is 13.4. The average molecular weight is 393 g/mol. The van der Waals surface area contributed by atoms with Gasteiger partial charge in [0.2, 0.25) is 0 Å². The van der Waals surface area contributed by atoms with Crippen LogP contribution < -0.4 is 0 Å². The molecule has 1 aliphatic carbocycles. The van der Waals surface area contributed by atoms with E-state index in [2.05, 4.69) is 41.5 Å². The van der Waals surface area contributed by atoms with E-state index in [1.165, 1.54) is 109 Å². The fourth-order valence-corrected chi connectivity index (χ4v) is 5.83. The quantitative estimate of drug-likeness (QED) is 0.448. The molecule has 0 bridgehead atoms. The molecule has 0 N–H and O–H groups in total. The zero-order chi connectivity index (χ0) is 20.8. The van der Waals surface area contributed by atoms with Crippen LogP contribution in [0.2, 0.25) is 0 Å². The second-order valence-electron chi connectivity index (χ2n) is 11.4. The first-order chi connectivity index (χ1) is 13.4. The fraction of sp³-hybridized carbons (Fsp3) is 1.00. The van der Waals surface area contributed by atoms with Crippen molar-refractivity contribution in [3.63, 3.8) is 0 Å². The first kappa shape index (κ1) is 26.0. The molecule has 0 aliphatic heterocycles. The van der Waals surface area contributed by atoms with Crippen LogP contribution in [0.25, 0.3) is 0 Å². The molecule has 0 radical (unpaired) electrons. The molecule has 0 aromatic heterocycles. The van der Waals surface area contributed by atoms with Gasteiger partial charge in [-0.15, -0.1) is 0 Å². The summed E-state index contributed by atoms with van der Waals surface area (Å²) >= 11 is 0. The lowest BCUT2D eigenvalue weighted by molar-refractivity contribution is 0.0974. The van der Waals surface area contributed by atoms with Crippen LogP contribution in [0, 0.1) is 29.1 Å².